The molecule has 1 aliphatic heterocycles. The van der Waals surface area contributed by atoms with Crippen LogP contribution in [0.3, 0.4) is 0 Å². The fourth-order valence-corrected chi connectivity index (χ4v) is 4.51. The van der Waals surface area contributed by atoms with Crippen molar-refractivity contribution >= 4 is 33.3 Å². The van der Waals surface area contributed by atoms with Crippen LogP contribution in [0, 0.1) is 6.92 Å². The third-order valence-electron chi connectivity index (χ3n) is 5.07. The molecule has 0 radical (unpaired) electrons. The van der Waals surface area contributed by atoms with Crippen LogP contribution in [0.4, 0.5) is 5.82 Å². The van der Waals surface area contributed by atoms with Gasteiger partial charge in [-0.1, -0.05) is 12.1 Å². The summed E-state index contributed by atoms with van der Waals surface area (Å²) in [6.45, 7) is 3.88. The van der Waals surface area contributed by atoms with E-state index in [4.69, 9.17) is 9.47 Å². The number of hydrogen-bond donors (Lipinski definition) is 2. The molecule has 1 atom stereocenters. The fourth-order valence-electron chi connectivity index (χ4n) is 3.44. The van der Waals surface area contributed by atoms with Crippen LogP contribution in [0.25, 0.3) is 10.2 Å². The van der Waals surface area contributed by atoms with Gasteiger partial charge in [-0.25, -0.2) is 9.97 Å². The van der Waals surface area contributed by atoms with Gasteiger partial charge < -0.3 is 20.1 Å². The highest BCUT2D eigenvalue weighted by atomic mass is 32.1. The average molecular weight is 413 g/mol. The van der Waals surface area contributed by atoms with Crippen LogP contribution in [0.2, 0.25) is 0 Å². The summed E-state index contributed by atoms with van der Waals surface area (Å²) < 4.78 is 10.8. The second-order valence-corrected chi connectivity index (χ2v) is 8.00. The van der Waals surface area contributed by atoms with Crippen LogP contribution < -0.4 is 15.4 Å². The number of rotatable bonds is 7. The minimum absolute atomic E-state index is 0.0814. The summed E-state index contributed by atoms with van der Waals surface area (Å²) in [6.07, 6.45) is 3.70. The molecule has 29 heavy (non-hydrogen) atoms. The Morgan fingerprint density at radius 1 is 1.31 bits per heavy atom. The molecule has 1 fully saturated rings. The Kier molecular flexibility index (Phi) is 5.92. The third-order valence-corrected chi connectivity index (χ3v) is 6.26. The Morgan fingerprint density at radius 2 is 2.14 bits per heavy atom. The summed E-state index contributed by atoms with van der Waals surface area (Å²) in [5.41, 5.74) is 2.01. The van der Waals surface area contributed by atoms with Crippen LogP contribution in [0.15, 0.2) is 30.6 Å². The molecule has 152 valence electrons. The molecule has 0 bridgehead atoms. The summed E-state index contributed by atoms with van der Waals surface area (Å²) >= 11 is 1.39. The number of ether oxygens (including phenoxy) is 2. The molecule has 8 heteroatoms. The van der Waals surface area contributed by atoms with Gasteiger partial charge in [-0.15, -0.1) is 11.3 Å². The number of benzene rings is 1. The Balaban J connectivity index is 1.50. The van der Waals surface area contributed by atoms with Gasteiger partial charge in [0.05, 0.1) is 23.5 Å². The number of aromatic nitrogens is 2. The van der Waals surface area contributed by atoms with Crippen molar-refractivity contribution in [3.8, 4) is 5.75 Å². The van der Waals surface area contributed by atoms with Crippen molar-refractivity contribution in [2.45, 2.75) is 32.4 Å². The van der Waals surface area contributed by atoms with Gasteiger partial charge in [0.25, 0.3) is 5.91 Å². The van der Waals surface area contributed by atoms with E-state index in [1.165, 1.54) is 17.7 Å². The molecule has 0 saturated carbocycles. The minimum Gasteiger partial charge on any atom is -0.497 e. The normalized spacial score (nSPS) is 16.1. The van der Waals surface area contributed by atoms with Gasteiger partial charge in [-0.2, -0.15) is 0 Å². The van der Waals surface area contributed by atoms with E-state index in [1.807, 2.05) is 31.2 Å². The lowest BCUT2D eigenvalue weighted by Crippen LogP contribution is -2.31. The first kappa shape index (κ1) is 19.6. The number of aryl methyl sites for hydroxylation is 1. The second-order valence-electron chi connectivity index (χ2n) is 7.01. The molecule has 1 amide bonds. The molecule has 1 aliphatic rings. The van der Waals surface area contributed by atoms with Gasteiger partial charge in [-0.05, 0) is 43.0 Å². The second kappa shape index (κ2) is 8.75. The molecule has 1 unspecified atom stereocenters. The predicted octanol–water partition coefficient (Wildman–Crippen LogP) is 3.53. The summed E-state index contributed by atoms with van der Waals surface area (Å²) in [5, 5.41) is 7.27. The Morgan fingerprint density at radius 3 is 2.86 bits per heavy atom. The van der Waals surface area contributed by atoms with Crippen molar-refractivity contribution in [1.29, 1.82) is 0 Å². The number of carbonyl (C=O) groups is 1. The number of thiophene rings is 1. The van der Waals surface area contributed by atoms with Crippen molar-refractivity contribution in [2.75, 3.05) is 25.6 Å². The molecule has 4 rings (SSSR count). The van der Waals surface area contributed by atoms with E-state index in [-0.39, 0.29) is 12.0 Å². The predicted molar refractivity (Wildman–Crippen MR) is 114 cm³/mol. The number of amides is 1. The maximum absolute atomic E-state index is 12.7. The number of anilines is 1. The van der Waals surface area contributed by atoms with Crippen molar-refractivity contribution < 1.29 is 14.3 Å². The molecular weight excluding hydrogens is 388 g/mol. The summed E-state index contributed by atoms with van der Waals surface area (Å²) in [7, 11) is 1.65. The standard InChI is InChI=1S/C21H24N4O3S/c1-13-17-19(22-10-14-5-7-15(27-2)8-6-14)24-12-25-21(17)29-18(13)20(26)23-11-16-4-3-9-28-16/h5-8,12,16H,3-4,9-11H2,1-2H3,(H,23,26)(H,22,24,25). The van der Waals surface area contributed by atoms with Crippen LogP contribution in [-0.2, 0) is 11.3 Å². The molecule has 2 aromatic heterocycles. The van der Waals surface area contributed by atoms with Crippen molar-refractivity contribution in [3.05, 3.63) is 46.6 Å². The smallest absolute Gasteiger partial charge is 0.261 e. The Bertz CT molecular complexity index is 997. The van der Waals surface area contributed by atoms with E-state index in [1.54, 1.807) is 7.11 Å². The van der Waals surface area contributed by atoms with Crippen molar-refractivity contribution in [1.82, 2.24) is 15.3 Å². The highest BCUT2D eigenvalue weighted by Gasteiger charge is 2.21. The first-order valence-electron chi connectivity index (χ1n) is 9.66. The Labute approximate surface area is 173 Å². The van der Waals surface area contributed by atoms with Crippen LogP contribution in [0.5, 0.6) is 5.75 Å². The first-order chi connectivity index (χ1) is 14.2. The molecule has 3 heterocycles. The third kappa shape index (κ3) is 4.33. The minimum atomic E-state index is -0.0814. The van der Waals surface area contributed by atoms with Gasteiger partial charge in [0.1, 0.15) is 22.7 Å². The van der Waals surface area contributed by atoms with Gasteiger partial charge in [-0.3, -0.25) is 4.79 Å². The van der Waals surface area contributed by atoms with Gasteiger partial charge in [0, 0.05) is 19.7 Å². The van der Waals surface area contributed by atoms with Gasteiger partial charge in [0.2, 0.25) is 0 Å². The Hall–Kier alpha value is -2.71. The van der Waals surface area contributed by atoms with E-state index in [9.17, 15) is 4.79 Å². The maximum Gasteiger partial charge on any atom is 0.261 e. The number of nitrogens with one attached hydrogen (secondary N) is 2. The quantitative estimate of drug-likeness (QED) is 0.618. The van der Waals surface area contributed by atoms with E-state index in [0.717, 1.165) is 52.4 Å². The zero-order valence-corrected chi connectivity index (χ0v) is 17.3. The van der Waals surface area contributed by atoms with Gasteiger partial charge in [0.15, 0.2) is 0 Å². The molecule has 1 saturated heterocycles. The lowest BCUT2D eigenvalue weighted by atomic mass is 10.1. The monoisotopic (exact) mass is 412 g/mol. The summed E-state index contributed by atoms with van der Waals surface area (Å²) in [5.74, 6) is 1.48. The van der Waals surface area contributed by atoms with E-state index in [0.29, 0.717) is 18.0 Å². The number of hydrogen-bond acceptors (Lipinski definition) is 7. The topological polar surface area (TPSA) is 85.4 Å². The lowest BCUT2D eigenvalue weighted by molar-refractivity contribution is 0.0860. The van der Waals surface area contributed by atoms with E-state index >= 15 is 0 Å². The molecule has 3 aromatic rings. The number of fused-ring (bicyclic) bond motifs is 1. The fraction of sp³-hybridized carbons (Fsp3) is 0.381. The molecule has 1 aromatic carbocycles. The van der Waals surface area contributed by atoms with Crippen molar-refractivity contribution in [3.63, 3.8) is 0 Å². The highest BCUT2D eigenvalue weighted by Crippen LogP contribution is 2.33. The largest absolute Gasteiger partial charge is 0.497 e. The molecule has 0 aliphatic carbocycles. The van der Waals surface area contributed by atoms with Crippen LogP contribution in [0.1, 0.15) is 33.6 Å². The van der Waals surface area contributed by atoms with Gasteiger partial charge >= 0.3 is 0 Å². The van der Waals surface area contributed by atoms with E-state index < -0.39 is 0 Å². The molecule has 0 spiro atoms. The summed E-state index contributed by atoms with van der Waals surface area (Å²) in [6, 6.07) is 7.88. The average Bonchev–Trinajstić information content (AvgIpc) is 3.39. The number of methoxy groups -OCH3 is 1. The van der Waals surface area contributed by atoms with E-state index in [2.05, 4.69) is 20.6 Å². The number of carbonyl (C=O) groups excluding carboxylic acids is 1. The SMILES string of the molecule is COc1ccc(CNc2ncnc3sc(C(=O)NCC4CCCO4)c(C)c23)cc1. The highest BCUT2D eigenvalue weighted by molar-refractivity contribution is 7.20. The van der Waals surface area contributed by atoms with Crippen molar-refractivity contribution in [2.24, 2.45) is 0 Å². The molecule has 7 nitrogen and oxygen atoms in total. The lowest BCUT2D eigenvalue weighted by Gasteiger charge is -2.10. The molecular formula is C21H24N4O3S. The first-order valence-corrected chi connectivity index (χ1v) is 10.5. The van der Waals surface area contributed by atoms with Crippen LogP contribution in [-0.4, -0.2) is 42.2 Å². The summed E-state index contributed by atoms with van der Waals surface area (Å²) in [4.78, 5) is 23.0. The zero-order chi connectivity index (χ0) is 20.2. The zero-order valence-electron chi connectivity index (χ0n) is 16.5. The number of nitrogens with zero attached hydrogens (tertiary/aromatic N) is 2. The maximum atomic E-state index is 12.7. The van der Waals surface area contributed by atoms with Crippen LogP contribution >= 0.6 is 11.3 Å². The molecule has 2 N–H and O–H groups in total.